The summed E-state index contributed by atoms with van der Waals surface area (Å²) in [5.74, 6) is -0.300. The predicted octanol–water partition coefficient (Wildman–Crippen LogP) is 1.95. The fraction of sp³-hybridized carbons (Fsp3) is 0.133. The molecule has 0 spiro atoms. The lowest BCUT2D eigenvalue weighted by atomic mass is 10.1. The number of hydrogen-bond acceptors (Lipinski definition) is 3. The van der Waals surface area contributed by atoms with E-state index in [1.807, 2.05) is 6.07 Å². The Kier molecular flexibility index (Phi) is 3.71. The number of aromatic nitrogens is 1. The van der Waals surface area contributed by atoms with Crippen molar-refractivity contribution >= 4 is 11.6 Å². The van der Waals surface area contributed by atoms with Crippen LogP contribution in [0.1, 0.15) is 33.3 Å². The minimum Gasteiger partial charge on any atom is -0.618 e. The first-order chi connectivity index (χ1) is 9.08. The van der Waals surface area contributed by atoms with E-state index in [-0.39, 0.29) is 18.0 Å². The second-order valence-corrected chi connectivity index (χ2v) is 4.26. The molecule has 96 valence electrons. The summed E-state index contributed by atoms with van der Waals surface area (Å²) in [6.45, 7) is 1.39. The van der Waals surface area contributed by atoms with Crippen molar-refractivity contribution in [2.24, 2.45) is 0 Å². The molecule has 0 saturated heterocycles. The second kappa shape index (κ2) is 5.44. The van der Waals surface area contributed by atoms with Crippen molar-refractivity contribution in [2.45, 2.75) is 13.3 Å². The molecule has 0 unspecified atom stereocenters. The monoisotopic (exact) mass is 255 g/mol. The number of carbonyl (C=O) groups excluding carboxylic acids is 2. The van der Waals surface area contributed by atoms with Gasteiger partial charge in [0, 0.05) is 11.6 Å². The van der Waals surface area contributed by atoms with E-state index in [0.29, 0.717) is 21.6 Å². The first-order valence-electron chi connectivity index (χ1n) is 5.89. The average molecular weight is 255 g/mol. The molecule has 1 aromatic carbocycles. The van der Waals surface area contributed by atoms with E-state index in [2.05, 4.69) is 0 Å². The summed E-state index contributed by atoms with van der Waals surface area (Å²) in [4.78, 5) is 23.1. The number of hydrogen-bond donors (Lipinski definition) is 0. The lowest BCUT2D eigenvalue weighted by molar-refractivity contribution is -0.613. The maximum Gasteiger partial charge on any atom is 0.200 e. The third-order valence-corrected chi connectivity index (χ3v) is 2.84. The van der Waals surface area contributed by atoms with E-state index in [0.717, 1.165) is 0 Å². The van der Waals surface area contributed by atoms with E-state index >= 15 is 0 Å². The van der Waals surface area contributed by atoms with Crippen molar-refractivity contribution in [3.8, 4) is 0 Å². The highest BCUT2D eigenvalue weighted by atomic mass is 16.5. The van der Waals surface area contributed by atoms with Crippen molar-refractivity contribution in [1.29, 1.82) is 0 Å². The van der Waals surface area contributed by atoms with Gasteiger partial charge in [-0.1, -0.05) is 30.3 Å². The summed E-state index contributed by atoms with van der Waals surface area (Å²) in [7, 11) is 0. The minimum atomic E-state index is -0.175. The van der Waals surface area contributed by atoms with Crippen molar-refractivity contribution < 1.29 is 14.3 Å². The zero-order valence-electron chi connectivity index (χ0n) is 10.5. The molecule has 4 heteroatoms. The Hall–Kier alpha value is -2.49. The minimum absolute atomic E-state index is 0.0195. The van der Waals surface area contributed by atoms with Gasteiger partial charge in [-0.2, -0.15) is 4.73 Å². The summed E-state index contributed by atoms with van der Waals surface area (Å²) < 4.78 is 0.581. The van der Waals surface area contributed by atoms with Crippen LogP contribution in [0.5, 0.6) is 0 Å². The zero-order valence-corrected chi connectivity index (χ0v) is 10.5. The highest BCUT2D eigenvalue weighted by molar-refractivity contribution is 5.97. The normalized spacial score (nSPS) is 10.2. The van der Waals surface area contributed by atoms with Gasteiger partial charge >= 0.3 is 0 Å². The van der Waals surface area contributed by atoms with Gasteiger partial charge in [0.05, 0.1) is 12.0 Å². The SMILES string of the molecule is CC(=O)c1ccc(CC(=O)c2ccccc2)[n+]([O-])c1. The Bertz CT molecular complexity index is 621. The highest BCUT2D eigenvalue weighted by Crippen LogP contribution is 2.06. The summed E-state index contributed by atoms with van der Waals surface area (Å²) >= 11 is 0. The molecule has 0 fully saturated rings. The molecule has 19 heavy (non-hydrogen) atoms. The van der Waals surface area contributed by atoms with Crippen LogP contribution in [-0.4, -0.2) is 11.6 Å². The van der Waals surface area contributed by atoms with Gasteiger partial charge < -0.3 is 5.21 Å². The van der Waals surface area contributed by atoms with E-state index in [1.54, 1.807) is 30.3 Å². The van der Waals surface area contributed by atoms with Crippen LogP contribution in [0.3, 0.4) is 0 Å². The average Bonchev–Trinajstić information content (AvgIpc) is 2.41. The number of pyridine rings is 1. The van der Waals surface area contributed by atoms with Crippen LogP contribution in [0.25, 0.3) is 0 Å². The molecule has 0 radical (unpaired) electrons. The molecule has 0 aliphatic heterocycles. The molecule has 0 bridgehead atoms. The molecule has 2 rings (SSSR count). The Morgan fingerprint density at radius 3 is 2.32 bits per heavy atom. The molecule has 0 aliphatic rings. The van der Waals surface area contributed by atoms with Gasteiger partial charge in [0.1, 0.15) is 0 Å². The smallest absolute Gasteiger partial charge is 0.200 e. The lowest BCUT2D eigenvalue weighted by Gasteiger charge is -2.05. The van der Waals surface area contributed by atoms with Crippen LogP contribution in [0.4, 0.5) is 0 Å². The summed E-state index contributed by atoms with van der Waals surface area (Å²) in [5, 5.41) is 11.7. The molecular weight excluding hydrogens is 242 g/mol. The van der Waals surface area contributed by atoms with E-state index in [4.69, 9.17) is 0 Å². The first-order valence-corrected chi connectivity index (χ1v) is 5.89. The Balaban J connectivity index is 2.20. The quantitative estimate of drug-likeness (QED) is 0.476. The van der Waals surface area contributed by atoms with Crippen LogP contribution >= 0.6 is 0 Å². The van der Waals surface area contributed by atoms with Gasteiger partial charge in [0.2, 0.25) is 5.69 Å². The number of ketones is 2. The van der Waals surface area contributed by atoms with E-state index < -0.39 is 0 Å². The standard InChI is InChI=1S/C15H13NO3/c1-11(17)13-7-8-14(16(19)10-13)9-15(18)12-5-3-2-4-6-12/h2-8,10H,9H2,1H3. The molecule has 1 heterocycles. The van der Waals surface area contributed by atoms with E-state index in [1.165, 1.54) is 19.2 Å². The van der Waals surface area contributed by atoms with Crippen LogP contribution in [-0.2, 0) is 6.42 Å². The van der Waals surface area contributed by atoms with Crippen LogP contribution in [0.2, 0.25) is 0 Å². The molecule has 0 atom stereocenters. The molecule has 2 aromatic rings. The van der Waals surface area contributed by atoms with Crippen LogP contribution < -0.4 is 4.73 Å². The van der Waals surface area contributed by atoms with Gasteiger partial charge in [0.25, 0.3) is 0 Å². The maximum absolute atomic E-state index is 12.0. The second-order valence-electron chi connectivity index (χ2n) is 4.26. The lowest BCUT2D eigenvalue weighted by Crippen LogP contribution is -2.33. The Labute approximate surface area is 110 Å². The predicted molar refractivity (Wildman–Crippen MR) is 69.9 cm³/mol. The number of benzene rings is 1. The van der Waals surface area contributed by atoms with Gasteiger partial charge in [0.15, 0.2) is 17.8 Å². The van der Waals surface area contributed by atoms with E-state index in [9.17, 15) is 14.8 Å². The topological polar surface area (TPSA) is 61.1 Å². The summed E-state index contributed by atoms with van der Waals surface area (Å²) in [6.07, 6.45) is 1.22. The number of rotatable bonds is 4. The van der Waals surface area contributed by atoms with Gasteiger partial charge in [-0.25, -0.2) is 0 Å². The molecule has 0 saturated carbocycles. The molecule has 0 N–H and O–H groups in total. The molecule has 0 amide bonds. The number of nitrogens with zero attached hydrogens (tertiary/aromatic N) is 1. The van der Waals surface area contributed by atoms with Crippen molar-refractivity contribution in [1.82, 2.24) is 0 Å². The molecule has 1 aromatic heterocycles. The number of Topliss-reactive ketones (excluding diaryl/α,β-unsaturated/α-hetero) is 2. The summed E-state index contributed by atoms with van der Waals surface area (Å²) in [5.41, 5.74) is 1.24. The Morgan fingerprint density at radius 2 is 1.74 bits per heavy atom. The van der Waals surface area contributed by atoms with Crippen LogP contribution in [0.15, 0.2) is 48.7 Å². The van der Waals surface area contributed by atoms with Crippen molar-refractivity contribution in [3.05, 3.63) is 70.7 Å². The molecular formula is C15H13NO3. The fourth-order valence-corrected chi connectivity index (χ4v) is 1.75. The third-order valence-electron chi connectivity index (χ3n) is 2.84. The van der Waals surface area contributed by atoms with Crippen molar-refractivity contribution in [2.75, 3.05) is 0 Å². The van der Waals surface area contributed by atoms with Crippen LogP contribution in [0, 0.1) is 5.21 Å². The van der Waals surface area contributed by atoms with Crippen molar-refractivity contribution in [3.63, 3.8) is 0 Å². The Morgan fingerprint density at radius 1 is 1.05 bits per heavy atom. The highest BCUT2D eigenvalue weighted by Gasteiger charge is 2.14. The zero-order chi connectivity index (χ0) is 13.8. The third kappa shape index (κ3) is 3.04. The first kappa shape index (κ1) is 13.0. The van der Waals surface area contributed by atoms with Gasteiger partial charge in [-0.3, -0.25) is 9.59 Å². The fourth-order valence-electron chi connectivity index (χ4n) is 1.75. The number of carbonyl (C=O) groups is 2. The summed E-state index contributed by atoms with van der Waals surface area (Å²) in [6, 6.07) is 11.9. The molecule has 0 aliphatic carbocycles. The maximum atomic E-state index is 12.0. The largest absolute Gasteiger partial charge is 0.618 e. The molecule has 4 nitrogen and oxygen atoms in total. The van der Waals surface area contributed by atoms with Gasteiger partial charge in [-0.05, 0) is 13.0 Å². The van der Waals surface area contributed by atoms with Gasteiger partial charge in [-0.15, -0.1) is 0 Å².